The molecule has 1 unspecified atom stereocenters. The molecule has 17 heavy (non-hydrogen) atoms. The number of hydrogen-bond acceptors (Lipinski definition) is 1. The van der Waals surface area contributed by atoms with E-state index in [-0.39, 0.29) is 5.54 Å². The van der Waals surface area contributed by atoms with Gasteiger partial charge < -0.3 is 5.32 Å². The van der Waals surface area contributed by atoms with Gasteiger partial charge in [-0.05, 0) is 18.4 Å². The van der Waals surface area contributed by atoms with Gasteiger partial charge in [0.25, 0.3) is 0 Å². The second kappa shape index (κ2) is 5.35. The highest BCUT2D eigenvalue weighted by Gasteiger charge is 2.37. The Morgan fingerprint density at radius 2 is 1.82 bits per heavy atom. The fraction of sp³-hybridized carbons (Fsp3) is 0.533. The van der Waals surface area contributed by atoms with Crippen molar-refractivity contribution in [2.24, 2.45) is 0 Å². The Morgan fingerprint density at radius 3 is 2.41 bits per heavy atom. The first-order chi connectivity index (χ1) is 8.28. The van der Waals surface area contributed by atoms with Gasteiger partial charge in [0.2, 0.25) is 6.41 Å². The number of hydrogen-bond donors (Lipinski definition) is 1. The first kappa shape index (κ1) is 12.2. The van der Waals surface area contributed by atoms with Crippen LogP contribution < -0.4 is 5.32 Å². The summed E-state index contributed by atoms with van der Waals surface area (Å²) >= 11 is 0. The number of amides is 1. The maximum Gasteiger partial charge on any atom is 0.207 e. The Morgan fingerprint density at radius 1 is 1.18 bits per heavy atom. The zero-order valence-corrected chi connectivity index (χ0v) is 10.5. The highest BCUT2D eigenvalue weighted by Crippen LogP contribution is 2.39. The molecule has 0 aromatic heterocycles. The molecule has 0 heterocycles. The second-order valence-electron chi connectivity index (χ2n) is 5.11. The molecule has 0 bridgehead atoms. The highest BCUT2D eigenvalue weighted by molar-refractivity contribution is 5.49. The van der Waals surface area contributed by atoms with Crippen LogP contribution in [0.15, 0.2) is 30.3 Å². The number of rotatable bonds is 4. The standard InChI is InChI=1S/C15H21NO/c1-13(14-8-4-2-5-9-14)15(16-12-17)10-6-3-7-11-15/h2,4-5,8-9,12-13H,3,6-7,10-11H2,1H3,(H,16,17). The number of benzene rings is 1. The van der Waals surface area contributed by atoms with E-state index in [0.29, 0.717) is 5.92 Å². The molecule has 1 saturated carbocycles. The average molecular weight is 231 g/mol. The molecule has 1 N–H and O–H groups in total. The van der Waals surface area contributed by atoms with Gasteiger partial charge in [0.15, 0.2) is 0 Å². The van der Waals surface area contributed by atoms with Crippen molar-refractivity contribution in [2.75, 3.05) is 0 Å². The molecule has 2 heteroatoms. The van der Waals surface area contributed by atoms with Crippen molar-refractivity contribution < 1.29 is 4.79 Å². The second-order valence-corrected chi connectivity index (χ2v) is 5.11. The molecular formula is C15H21NO. The average Bonchev–Trinajstić information content (AvgIpc) is 2.40. The van der Waals surface area contributed by atoms with E-state index in [0.717, 1.165) is 19.3 Å². The summed E-state index contributed by atoms with van der Waals surface area (Å²) in [6, 6.07) is 10.5. The van der Waals surface area contributed by atoms with Crippen molar-refractivity contribution in [3.8, 4) is 0 Å². The Hall–Kier alpha value is -1.31. The van der Waals surface area contributed by atoms with Crippen molar-refractivity contribution in [2.45, 2.75) is 50.5 Å². The molecule has 0 saturated heterocycles. The normalized spacial score (nSPS) is 20.5. The molecule has 1 aliphatic rings. The summed E-state index contributed by atoms with van der Waals surface area (Å²) in [5, 5.41) is 3.12. The van der Waals surface area contributed by atoms with Crippen LogP contribution in [0.25, 0.3) is 0 Å². The SMILES string of the molecule is CC(c1ccccc1)C1(NC=O)CCCCC1. The zero-order chi connectivity index (χ0) is 12.1. The van der Waals surface area contributed by atoms with Crippen molar-refractivity contribution in [1.29, 1.82) is 0 Å². The molecule has 1 fully saturated rings. The first-order valence-electron chi connectivity index (χ1n) is 6.55. The predicted molar refractivity (Wildman–Crippen MR) is 69.9 cm³/mol. The largest absolute Gasteiger partial charge is 0.353 e. The topological polar surface area (TPSA) is 29.1 Å². The summed E-state index contributed by atoms with van der Waals surface area (Å²) in [4.78, 5) is 10.9. The van der Waals surface area contributed by atoms with E-state index in [1.54, 1.807) is 0 Å². The van der Waals surface area contributed by atoms with Crippen LogP contribution in [0.5, 0.6) is 0 Å². The molecule has 0 spiro atoms. The Kier molecular flexibility index (Phi) is 3.82. The number of carbonyl (C=O) groups is 1. The summed E-state index contributed by atoms with van der Waals surface area (Å²) in [6.45, 7) is 2.23. The van der Waals surface area contributed by atoms with E-state index in [1.807, 2.05) is 6.07 Å². The lowest BCUT2D eigenvalue weighted by molar-refractivity contribution is -0.111. The molecule has 1 atom stereocenters. The van der Waals surface area contributed by atoms with Crippen LogP contribution >= 0.6 is 0 Å². The fourth-order valence-electron chi connectivity index (χ4n) is 3.06. The lowest BCUT2D eigenvalue weighted by atomic mass is 9.71. The summed E-state index contributed by atoms with van der Waals surface area (Å²) in [5.74, 6) is 0.384. The molecular weight excluding hydrogens is 210 g/mol. The number of carbonyl (C=O) groups excluding carboxylic acids is 1. The van der Waals surface area contributed by atoms with E-state index in [4.69, 9.17) is 0 Å². The van der Waals surface area contributed by atoms with E-state index in [2.05, 4.69) is 36.5 Å². The van der Waals surface area contributed by atoms with Gasteiger partial charge in [0.1, 0.15) is 0 Å². The van der Waals surface area contributed by atoms with Gasteiger partial charge in [0.05, 0.1) is 0 Å². The van der Waals surface area contributed by atoms with Gasteiger partial charge in [-0.2, -0.15) is 0 Å². The van der Waals surface area contributed by atoms with Crippen LogP contribution in [0, 0.1) is 0 Å². The molecule has 1 aliphatic carbocycles. The quantitative estimate of drug-likeness (QED) is 0.792. The van der Waals surface area contributed by atoms with Gasteiger partial charge in [-0.25, -0.2) is 0 Å². The van der Waals surface area contributed by atoms with Crippen molar-refractivity contribution in [3.63, 3.8) is 0 Å². The first-order valence-corrected chi connectivity index (χ1v) is 6.55. The van der Waals surface area contributed by atoms with Gasteiger partial charge in [-0.1, -0.05) is 56.5 Å². The van der Waals surface area contributed by atoms with Crippen LogP contribution in [0.3, 0.4) is 0 Å². The van der Waals surface area contributed by atoms with Gasteiger partial charge >= 0.3 is 0 Å². The summed E-state index contributed by atoms with van der Waals surface area (Å²) < 4.78 is 0. The van der Waals surface area contributed by atoms with Gasteiger partial charge in [-0.3, -0.25) is 4.79 Å². The van der Waals surface area contributed by atoms with Crippen LogP contribution in [0.1, 0.15) is 50.5 Å². The van der Waals surface area contributed by atoms with Crippen LogP contribution in [-0.4, -0.2) is 11.9 Å². The minimum Gasteiger partial charge on any atom is -0.353 e. The van der Waals surface area contributed by atoms with E-state index < -0.39 is 0 Å². The molecule has 92 valence electrons. The van der Waals surface area contributed by atoms with Crippen molar-refractivity contribution in [1.82, 2.24) is 5.32 Å². The maximum absolute atomic E-state index is 10.9. The lowest BCUT2D eigenvalue weighted by Crippen LogP contribution is -2.50. The van der Waals surface area contributed by atoms with Crippen molar-refractivity contribution in [3.05, 3.63) is 35.9 Å². The van der Waals surface area contributed by atoms with Crippen LogP contribution in [-0.2, 0) is 4.79 Å². The monoisotopic (exact) mass is 231 g/mol. The molecule has 2 rings (SSSR count). The molecule has 1 aromatic rings. The fourth-order valence-corrected chi connectivity index (χ4v) is 3.06. The van der Waals surface area contributed by atoms with Crippen LogP contribution in [0.2, 0.25) is 0 Å². The summed E-state index contributed by atoms with van der Waals surface area (Å²) in [5.41, 5.74) is 1.30. The molecule has 1 amide bonds. The smallest absolute Gasteiger partial charge is 0.207 e. The lowest BCUT2D eigenvalue weighted by Gasteiger charge is -2.42. The predicted octanol–water partition coefficient (Wildman–Crippen LogP) is 3.24. The minimum atomic E-state index is -0.0264. The van der Waals surface area contributed by atoms with Crippen molar-refractivity contribution >= 4 is 6.41 Å². The summed E-state index contributed by atoms with van der Waals surface area (Å²) in [6.07, 6.45) is 6.81. The Balaban J connectivity index is 2.23. The third kappa shape index (κ3) is 2.51. The van der Waals surface area contributed by atoms with E-state index in [1.165, 1.54) is 24.8 Å². The Bertz CT molecular complexity index is 354. The zero-order valence-electron chi connectivity index (χ0n) is 10.5. The molecule has 0 radical (unpaired) electrons. The molecule has 0 aliphatic heterocycles. The third-order valence-electron chi connectivity index (χ3n) is 4.22. The Labute approximate surface area is 103 Å². The van der Waals surface area contributed by atoms with Gasteiger partial charge in [-0.15, -0.1) is 0 Å². The van der Waals surface area contributed by atoms with Crippen LogP contribution in [0.4, 0.5) is 0 Å². The minimum absolute atomic E-state index is 0.0264. The van der Waals surface area contributed by atoms with E-state index in [9.17, 15) is 4.79 Å². The van der Waals surface area contributed by atoms with E-state index >= 15 is 0 Å². The maximum atomic E-state index is 10.9. The van der Waals surface area contributed by atoms with Gasteiger partial charge in [0, 0.05) is 11.5 Å². The summed E-state index contributed by atoms with van der Waals surface area (Å²) in [7, 11) is 0. The molecule has 1 aromatic carbocycles. The molecule has 2 nitrogen and oxygen atoms in total. The highest BCUT2D eigenvalue weighted by atomic mass is 16.1. The number of nitrogens with one attached hydrogen (secondary N) is 1. The third-order valence-corrected chi connectivity index (χ3v) is 4.22.